The van der Waals surface area contributed by atoms with Crippen LogP contribution in [0.2, 0.25) is 0 Å². The quantitative estimate of drug-likeness (QED) is 0.786. The fraction of sp³-hybridized carbons (Fsp3) is 0.412. The second kappa shape index (κ2) is 8.45. The van der Waals surface area contributed by atoms with E-state index in [2.05, 4.69) is 17.2 Å². The fourth-order valence-corrected chi connectivity index (χ4v) is 3.42. The van der Waals surface area contributed by atoms with Crippen molar-refractivity contribution < 1.29 is 4.74 Å². The lowest BCUT2D eigenvalue weighted by molar-refractivity contribution is 0.415. The summed E-state index contributed by atoms with van der Waals surface area (Å²) in [6, 6.07) is 8.04. The molecule has 2 aromatic rings. The Morgan fingerprint density at radius 3 is 2.65 bits per heavy atom. The van der Waals surface area contributed by atoms with Gasteiger partial charge in [-0.1, -0.05) is 6.42 Å². The minimum atomic E-state index is 0. The molecule has 1 N–H and O–H groups in total. The summed E-state index contributed by atoms with van der Waals surface area (Å²) in [5.74, 6) is 1.94. The van der Waals surface area contributed by atoms with E-state index in [1.807, 2.05) is 24.3 Å². The van der Waals surface area contributed by atoms with Crippen LogP contribution in [0.1, 0.15) is 30.6 Å². The van der Waals surface area contributed by atoms with E-state index in [1.165, 1.54) is 24.1 Å². The van der Waals surface area contributed by atoms with E-state index < -0.39 is 0 Å². The lowest BCUT2D eigenvalue weighted by atomic mass is 10.1. The fourth-order valence-electron chi connectivity index (χ4n) is 2.57. The van der Waals surface area contributed by atoms with Gasteiger partial charge in [0.05, 0.1) is 12.8 Å². The van der Waals surface area contributed by atoms with Crippen LogP contribution in [0.5, 0.6) is 5.75 Å². The van der Waals surface area contributed by atoms with Gasteiger partial charge >= 0.3 is 0 Å². The number of anilines is 1. The molecule has 2 heterocycles. The predicted octanol–water partition coefficient (Wildman–Crippen LogP) is 5.09. The molecule has 6 heteroatoms. The molecule has 1 aromatic heterocycles. The van der Waals surface area contributed by atoms with Crippen LogP contribution in [-0.4, -0.2) is 24.5 Å². The molecule has 1 aliphatic rings. The van der Waals surface area contributed by atoms with Crippen molar-refractivity contribution in [2.45, 2.75) is 32.6 Å². The van der Waals surface area contributed by atoms with Crippen LogP contribution >= 0.6 is 28.3 Å². The molecule has 23 heavy (non-hydrogen) atoms. The monoisotopic (exact) mass is 395 g/mol. The Morgan fingerprint density at radius 1 is 1.13 bits per heavy atom. The first-order valence-corrected chi connectivity index (χ1v) is 8.50. The van der Waals surface area contributed by atoms with Crippen molar-refractivity contribution >= 4 is 39.3 Å². The Hall–Kier alpha value is -1.40. The summed E-state index contributed by atoms with van der Waals surface area (Å²) in [6.45, 7) is 3.04. The van der Waals surface area contributed by atoms with Gasteiger partial charge in [-0.3, -0.25) is 4.99 Å². The minimum Gasteiger partial charge on any atom is -0.497 e. The Morgan fingerprint density at radius 2 is 1.91 bits per heavy atom. The molecule has 0 fully saturated rings. The minimum absolute atomic E-state index is 0. The highest BCUT2D eigenvalue weighted by atomic mass is 79.9. The number of aliphatic imine (C=N–C) groups is 1. The zero-order valence-electron chi connectivity index (χ0n) is 13.5. The summed E-state index contributed by atoms with van der Waals surface area (Å²) in [5, 5.41) is 4.34. The first-order chi connectivity index (χ1) is 10.8. The molecule has 0 atom stereocenters. The van der Waals surface area contributed by atoms with Crippen LogP contribution in [0.15, 0.2) is 29.3 Å². The van der Waals surface area contributed by atoms with E-state index in [-0.39, 0.29) is 17.0 Å². The van der Waals surface area contributed by atoms with E-state index in [0.29, 0.717) is 0 Å². The van der Waals surface area contributed by atoms with Gasteiger partial charge in [0.2, 0.25) is 0 Å². The van der Waals surface area contributed by atoms with E-state index in [0.717, 1.165) is 40.9 Å². The van der Waals surface area contributed by atoms with Crippen LogP contribution in [0.25, 0.3) is 11.3 Å². The molecule has 3 rings (SSSR count). The second-order valence-electron chi connectivity index (χ2n) is 5.42. The summed E-state index contributed by atoms with van der Waals surface area (Å²) in [7, 11) is 1.68. The highest BCUT2D eigenvalue weighted by Crippen LogP contribution is 2.31. The molecule has 0 aliphatic carbocycles. The maximum atomic E-state index is 5.21. The summed E-state index contributed by atoms with van der Waals surface area (Å²) in [6.07, 6.45) is 4.69. The first kappa shape index (κ1) is 17.9. The zero-order chi connectivity index (χ0) is 15.4. The molecule has 0 saturated carbocycles. The molecular weight excluding hydrogens is 374 g/mol. The van der Waals surface area contributed by atoms with E-state index >= 15 is 0 Å². The van der Waals surface area contributed by atoms with Gasteiger partial charge in [-0.15, -0.1) is 28.3 Å². The van der Waals surface area contributed by atoms with Gasteiger partial charge in [-0.05, 0) is 44.0 Å². The standard InChI is InChI=1S/C17H21N3OS.BrH/c1-12-16(13-7-9-14(21-2)10-8-13)20-17(22-12)19-15-6-4-3-5-11-18-15;/h7-10H,3-6,11H2,1-2H3,(H,18,19,20);1H. The highest BCUT2D eigenvalue weighted by molar-refractivity contribution is 8.93. The van der Waals surface area contributed by atoms with Gasteiger partial charge in [-0.25, -0.2) is 4.98 Å². The van der Waals surface area contributed by atoms with Gasteiger partial charge in [0.1, 0.15) is 11.6 Å². The molecule has 4 nitrogen and oxygen atoms in total. The third kappa shape index (κ3) is 4.54. The number of amidine groups is 1. The van der Waals surface area contributed by atoms with Gasteiger partial charge in [0.15, 0.2) is 5.13 Å². The summed E-state index contributed by atoms with van der Waals surface area (Å²) in [4.78, 5) is 10.6. The first-order valence-electron chi connectivity index (χ1n) is 7.68. The van der Waals surface area contributed by atoms with Crippen molar-refractivity contribution in [1.29, 1.82) is 0 Å². The van der Waals surface area contributed by atoms with Crippen molar-refractivity contribution in [2.24, 2.45) is 4.99 Å². The number of hydrogen-bond acceptors (Lipinski definition) is 5. The van der Waals surface area contributed by atoms with Gasteiger partial charge in [0, 0.05) is 23.4 Å². The number of rotatable bonds is 3. The normalized spacial score (nSPS) is 14.4. The smallest absolute Gasteiger partial charge is 0.188 e. The molecule has 1 aromatic carbocycles. The van der Waals surface area contributed by atoms with Crippen LogP contribution in [-0.2, 0) is 0 Å². The maximum Gasteiger partial charge on any atom is 0.188 e. The Kier molecular flexibility index (Phi) is 6.59. The van der Waals surface area contributed by atoms with E-state index in [1.54, 1.807) is 18.4 Å². The molecule has 124 valence electrons. The summed E-state index contributed by atoms with van der Waals surface area (Å²) in [5.41, 5.74) is 2.15. The van der Waals surface area contributed by atoms with Crippen LogP contribution in [0.3, 0.4) is 0 Å². The SMILES string of the molecule is Br.COc1ccc(-c2nc(NC3=NCCCCC3)sc2C)cc1. The number of nitrogens with one attached hydrogen (secondary N) is 1. The van der Waals surface area contributed by atoms with E-state index in [4.69, 9.17) is 9.72 Å². The molecule has 0 amide bonds. The average Bonchev–Trinajstić information content (AvgIpc) is 2.74. The van der Waals surface area contributed by atoms with Crippen molar-refractivity contribution in [3.63, 3.8) is 0 Å². The lowest BCUT2D eigenvalue weighted by Gasteiger charge is -2.04. The van der Waals surface area contributed by atoms with Crippen molar-refractivity contribution in [2.75, 3.05) is 19.0 Å². The number of benzene rings is 1. The number of nitrogens with zero attached hydrogens (tertiary/aromatic N) is 2. The molecule has 0 unspecified atom stereocenters. The summed E-state index contributed by atoms with van der Waals surface area (Å²) < 4.78 is 5.21. The zero-order valence-corrected chi connectivity index (χ0v) is 16.0. The lowest BCUT2D eigenvalue weighted by Crippen LogP contribution is -2.11. The second-order valence-corrected chi connectivity index (χ2v) is 6.62. The number of thiazole rings is 1. The number of hydrogen-bond donors (Lipinski definition) is 1. The van der Waals surface area contributed by atoms with Crippen LogP contribution in [0, 0.1) is 6.92 Å². The number of methoxy groups -OCH3 is 1. The predicted molar refractivity (Wildman–Crippen MR) is 104 cm³/mol. The molecule has 1 aliphatic heterocycles. The highest BCUT2D eigenvalue weighted by Gasteiger charge is 2.12. The molecule has 0 spiro atoms. The number of ether oxygens (including phenoxy) is 1. The Balaban J connectivity index is 0.00000192. The maximum absolute atomic E-state index is 5.21. The van der Waals surface area contributed by atoms with E-state index in [9.17, 15) is 0 Å². The molecular formula is C17H22BrN3OS. The van der Waals surface area contributed by atoms with Gasteiger partial charge in [0.25, 0.3) is 0 Å². The van der Waals surface area contributed by atoms with Gasteiger partial charge in [-0.2, -0.15) is 0 Å². The average molecular weight is 396 g/mol. The third-order valence-electron chi connectivity index (χ3n) is 3.79. The topological polar surface area (TPSA) is 46.5 Å². The Bertz CT molecular complexity index is 667. The molecule has 0 bridgehead atoms. The molecule has 0 saturated heterocycles. The number of aromatic nitrogens is 1. The van der Waals surface area contributed by atoms with Crippen LogP contribution in [0.4, 0.5) is 5.13 Å². The molecule has 0 radical (unpaired) electrons. The number of aryl methyl sites for hydroxylation is 1. The van der Waals surface area contributed by atoms with Gasteiger partial charge < -0.3 is 10.1 Å². The number of halogens is 1. The van der Waals surface area contributed by atoms with Crippen LogP contribution < -0.4 is 10.1 Å². The largest absolute Gasteiger partial charge is 0.497 e. The third-order valence-corrected chi connectivity index (χ3v) is 4.67. The Labute approximate surface area is 151 Å². The van der Waals surface area contributed by atoms with Crippen molar-refractivity contribution in [3.05, 3.63) is 29.1 Å². The summed E-state index contributed by atoms with van der Waals surface area (Å²) >= 11 is 1.69. The van der Waals surface area contributed by atoms with Crippen molar-refractivity contribution in [3.8, 4) is 17.0 Å². The van der Waals surface area contributed by atoms with Crippen molar-refractivity contribution in [1.82, 2.24) is 4.98 Å².